The summed E-state index contributed by atoms with van der Waals surface area (Å²) >= 11 is 0. The summed E-state index contributed by atoms with van der Waals surface area (Å²) in [6.07, 6.45) is 0.822. The number of aromatic nitrogens is 1. The van der Waals surface area contributed by atoms with Crippen molar-refractivity contribution in [2.45, 2.75) is 12.3 Å². The van der Waals surface area contributed by atoms with E-state index in [1.54, 1.807) is 0 Å². The van der Waals surface area contributed by atoms with Gasteiger partial charge in [-0.25, -0.2) is 0 Å². The summed E-state index contributed by atoms with van der Waals surface area (Å²) in [5.41, 5.74) is 14.1. The molecule has 0 amide bonds. The van der Waals surface area contributed by atoms with Crippen LogP contribution in [0.3, 0.4) is 0 Å². The van der Waals surface area contributed by atoms with Crippen LogP contribution in [-0.4, -0.2) is 4.57 Å². The summed E-state index contributed by atoms with van der Waals surface area (Å²) in [6, 6.07) is 56.1. The van der Waals surface area contributed by atoms with Crippen molar-refractivity contribution in [3.8, 4) is 34.0 Å². The maximum atomic E-state index is 10.4. The third-order valence-electron chi connectivity index (χ3n) is 10.2. The predicted molar refractivity (Wildman–Crippen MR) is 196 cm³/mol. The topological polar surface area (TPSA) is 41.9 Å². The van der Waals surface area contributed by atoms with Crippen LogP contribution in [0.4, 0.5) is 0 Å². The lowest BCUT2D eigenvalue weighted by molar-refractivity contribution is 0.653. The molecule has 0 spiro atoms. The van der Waals surface area contributed by atoms with Gasteiger partial charge in [-0.3, -0.25) is 0 Å². The summed E-state index contributed by atoms with van der Waals surface area (Å²) < 4.78 is 9.03. The molecule has 2 heterocycles. The molecule has 224 valence electrons. The molecule has 3 nitrogen and oxygen atoms in total. The maximum Gasteiger partial charge on any atom is 0.139 e. The van der Waals surface area contributed by atoms with Crippen molar-refractivity contribution in [2.75, 3.05) is 0 Å². The predicted octanol–water partition coefficient (Wildman–Crippen LogP) is 11.6. The van der Waals surface area contributed by atoms with Gasteiger partial charge in [-0.15, -0.1) is 0 Å². The van der Waals surface area contributed by atoms with Gasteiger partial charge in [0.2, 0.25) is 0 Å². The first kappa shape index (κ1) is 26.8. The van der Waals surface area contributed by atoms with Crippen LogP contribution >= 0.6 is 0 Å². The lowest BCUT2D eigenvalue weighted by atomic mass is 9.74. The molecule has 0 aliphatic heterocycles. The minimum atomic E-state index is 0.00612. The fraction of sp³-hybridized carbons (Fsp3) is 0.0444. The molecular formula is C45H28N2O. The fourth-order valence-electron chi connectivity index (χ4n) is 8.13. The molecule has 0 fully saturated rings. The molecule has 0 saturated heterocycles. The number of nitriles is 1. The minimum Gasteiger partial charge on any atom is -0.456 e. The van der Waals surface area contributed by atoms with Gasteiger partial charge >= 0.3 is 0 Å². The zero-order valence-corrected chi connectivity index (χ0v) is 26.0. The fourth-order valence-corrected chi connectivity index (χ4v) is 8.13. The summed E-state index contributed by atoms with van der Waals surface area (Å²) in [5.74, 6) is 0.00612. The van der Waals surface area contributed by atoms with Gasteiger partial charge < -0.3 is 8.98 Å². The molecule has 1 aliphatic rings. The number of hydrogen-bond acceptors (Lipinski definition) is 2. The number of hydrogen-bond donors (Lipinski definition) is 0. The second-order valence-electron chi connectivity index (χ2n) is 12.8. The highest BCUT2D eigenvalue weighted by Crippen LogP contribution is 2.48. The van der Waals surface area contributed by atoms with Gasteiger partial charge in [0.1, 0.15) is 11.2 Å². The zero-order chi connectivity index (χ0) is 31.8. The van der Waals surface area contributed by atoms with Crippen LogP contribution in [0.2, 0.25) is 0 Å². The molecule has 2 aromatic heterocycles. The van der Waals surface area contributed by atoms with E-state index in [1.807, 2.05) is 18.2 Å². The highest BCUT2D eigenvalue weighted by molar-refractivity contribution is 6.10. The smallest absolute Gasteiger partial charge is 0.139 e. The lowest BCUT2D eigenvalue weighted by Gasteiger charge is -2.29. The normalized spacial score (nSPS) is 13.9. The number of benzene rings is 7. The van der Waals surface area contributed by atoms with Crippen LogP contribution in [-0.2, 0) is 6.42 Å². The van der Waals surface area contributed by atoms with Gasteiger partial charge in [0.15, 0.2) is 0 Å². The number of rotatable bonds is 3. The molecule has 1 atom stereocenters. The standard InChI is InChI=1S/C45H28N2O/c46-27-28-23-30(33-13-3-7-17-40(33)47-41-18-8-4-14-34(41)35-15-5-9-19-42(35)47)25-31(24-28)39-26-29-11-1-2-12-32(29)37-21-22-38-36-16-6-10-20-43(36)48-45(38)44(37)39/h1-25,39H,26H2. The Labute approximate surface area is 277 Å². The van der Waals surface area contributed by atoms with Crippen LogP contribution in [0.5, 0.6) is 0 Å². The highest BCUT2D eigenvalue weighted by atomic mass is 16.3. The van der Waals surface area contributed by atoms with Crippen molar-refractivity contribution in [1.29, 1.82) is 5.26 Å². The molecule has 0 radical (unpaired) electrons. The molecule has 0 N–H and O–H groups in total. The Morgan fingerprint density at radius 3 is 2.04 bits per heavy atom. The average molecular weight is 613 g/mol. The van der Waals surface area contributed by atoms with Gasteiger partial charge in [-0.05, 0) is 76.7 Å². The van der Waals surface area contributed by atoms with Crippen LogP contribution in [0.15, 0.2) is 156 Å². The van der Waals surface area contributed by atoms with Crippen LogP contribution < -0.4 is 0 Å². The number of furan rings is 1. The first-order chi connectivity index (χ1) is 23.8. The highest BCUT2D eigenvalue weighted by Gasteiger charge is 2.30. The summed E-state index contributed by atoms with van der Waals surface area (Å²) in [7, 11) is 0. The molecule has 7 aromatic carbocycles. The van der Waals surface area contributed by atoms with Gasteiger partial charge in [0.05, 0.1) is 28.4 Å². The average Bonchev–Trinajstić information content (AvgIpc) is 3.70. The Balaban J connectivity index is 1.22. The van der Waals surface area contributed by atoms with E-state index in [1.165, 1.54) is 33.0 Å². The van der Waals surface area contributed by atoms with E-state index in [4.69, 9.17) is 4.42 Å². The maximum absolute atomic E-state index is 10.4. The molecule has 3 heteroatoms. The van der Waals surface area contributed by atoms with E-state index in [-0.39, 0.29) is 5.92 Å². The van der Waals surface area contributed by atoms with Gasteiger partial charge in [0, 0.05) is 38.6 Å². The van der Waals surface area contributed by atoms with E-state index < -0.39 is 0 Å². The largest absolute Gasteiger partial charge is 0.456 e. The van der Waals surface area contributed by atoms with Gasteiger partial charge in [-0.1, -0.05) is 109 Å². The molecular weight excluding hydrogens is 585 g/mol. The minimum absolute atomic E-state index is 0.00612. The third-order valence-corrected chi connectivity index (χ3v) is 10.2. The number of nitrogens with zero attached hydrogens (tertiary/aromatic N) is 2. The van der Waals surface area contributed by atoms with Crippen molar-refractivity contribution in [2.24, 2.45) is 0 Å². The second kappa shape index (κ2) is 10.3. The molecule has 10 rings (SSSR count). The Morgan fingerprint density at radius 2 is 1.25 bits per heavy atom. The van der Waals surface area contributed by atoms with E-state index in [9.17, 15) is 5.26 Å². The van der Waals surface area contributed by atoms with Crippen molar-refractivity contribution in [1.82, 2.24) is 4.57 Å². The quantitative estimate of drug-likeness (QED) is 0.199. The van der Waals surface area contributed by atoms with Crippen molar-refractivity contribution >= 4 is 43.7 Å². The first-order valence-electron chi connectivity index (χ1n) is 16.4. The Bertz CT molecular complexity index is 2740. The SMILES string of the molecule is N#Cc1cc(-c2ccccc2-n2c3ccccc3c3ccccc32)cc(C2Cc3ccccc3-c3ccc4c(oc5ccccc54)c32)c1. The van der Waals surface area contributed by atoms with E-state index >= 15 is 0 Å². The van der Waals surface area contributed by atoms with Crippen LogP contribution in [0.1, 0.15) is 28.2 Å². The van der Waals surface area contributed by atoms with E-state index in [0.717, 1.165) is 61.8 Å². The van der Waals surface area contributed by atoms with Crippen molar-refractivity contribution in [3.63, 3.8) is 0 Å². The third kappa shape index (κ3) is 3.87. The Kier molecular flexibility index (Phi) is 5.76. The lowest BCUT2D eigenvalue weighted by Crippen LogP contribution is -2.13. The number of fused-ring (bicyclic) bond motifs is 10. The zero-order valence-electron chi connectivity index (χ0n) is 26.0. The van der Waals surface area contributed by atoms with Gasteiger partial charge in [-0.2, -0.15) is 5.26 Å². The molecule has 1 aliphatic carbocycles. The molecule has 48 heavy (non-hydrogen) atoms. The Morgan fingerprint density at radius 1 is 0.583 bits per heavy atom. The molecule has 0 bridgehead atoms. The van der Waals surface area contributed by atoms with Gasteiger partial charge in [0.25, 0.3) is 0 Å². The van der Waals surface area contributed by atoms with Crippen LogP contribution in [0, 0.1) is 11.3 Å². The van der Waals surface area contributed by atoms with E-state index in [2.05, 4.69) is 144 Å². The monoisotopic (exact) mass is 612 g/mol. The summed E-state index contributed by atoms with van der Waals surface area (Å²) in [4.78, 5) is 0. The number of para-hydroxylation sites is 4. The summed E-state index contributed by atoms with van der Waals surface area (Å²) in [6.45, 7) is 0. The molecule has 1 unspecified atom stereocenters. The van der Waals surface area contributed by atoms with Crippen molar-refractivity contribution in [3.05, 3.63) is 174 Å². The van der Waals surface area contributed by atoms with Crippen molar-refractivity contribution < 1.29 is 4.42 Å². The Hall–Kier alpha value is -6.37. The molecule has 0 saturated carbocycles. The summed E-state index contributed by atoms with van der Waals surface area (Å²) in [5, 5.41) is 15.1. The molecule has 9 aromatic rings. The van der Waals surface area contributed by atoms with E-state index in [0.29, 0.717) is 5.56 Å². The van der Waals surface area contributed by atoms with Crippen LogP contribution in [0.25, 0.3) is 71.7 Å². The second-order valence-corrected chi connectivity index (χ2v) is 12.8. The first-order valence-corrected chi connectivity index (χ1v) is 16.4.